The van der Waals surface area contributed by atoms with E-state index in [-0.39, 0.29) is 5.41 Å². The summed E-state index contributed by atoms with van der Waals surface area (Å²) in [6.07, 6.45) is 0. The van der Waals surface area contributed by atoms with Crippen molar-refractivity contribution in [2.45, 2.75) is 19.3 Å². The zero-order chi connectivity index (χ0) is 36.2. The SMILES string of the molecule is CC1(C)c2ccccc2-c2c(-c3ccc(N(c4ccc5ccccc5c4)c4ccccc4-c4ccc(-c5ccc6ccccc6c5)cc4)cc3)cccc21. The first-order valence-corrected chi connectivity index (χ1v) is 18.8. The molecule has 9 aromatic carbocycles. The number of para-hydroxylation sites is 1. The molecule has 0 saturated heterocycles. The summed E-state index contributed by atoms with van der Waals surface area (Å²) < 4.78 is 0. The van der Waals surface area contributed by atoms with Gasteiger partial charge in [0, 0.05) is 22.4 Å². The topological polar surface area (TPSA) is 3.24 Å². The van der Waals surface area contributed by atoms with Crippen LogP contribution in [0.15, 0.2) is 200 Å². The van der Waals surface area contributed by atoms with Gasteiger partial charge in [-0.25, -0.2) is 0 Å². The average Bonchev–Trinajstić information content (AvgIpc) is 3.47. The number of fused-ring (bicyclic) bond motifs is 5. The van der Waals surface area contributed by atoms with Gasteiger partial charge in [-0.2, -0.15) is 0 Å². The maximum absolute atomic E-state index is 2.41. The number of hydrogen-bond donors (Lipinski definition) is 0. The summed E-state index contributed by atoms with van der Waals surface area (Å²) in [7, 11) is 0. The number of nitrogens with zero attached hydrogens (tertiary/aromatic N) is 1. The van der Waals surface area contributed by atoms with Crippen LogP contribution in [0.4, 0.5) is 17.1 Å². The minimum Gasteiger partial charge on any atom is -0.310 e. The fourth-order valence-electron chi connectivity index (χ4n) is 8.65. The molecule has 0 atom stereocenters. The van der Waals surface area contributed by atoms with Gasteiger partial charge in [0.2, 0.25) is 0 Å². The molecular weight excluding hydrogens is 651 g/mol. The van der Waals surface area contributed by atoms with E-state index in [0.717, 1.165) is 17.1 Å². The Balaban J connectivity index is 1.08. The first-order valence-electron chi connectivity index (χ1n) is 18.8. The molecule has 0 aromatic heterocycles. The van der Waals surface area contributed by atoms with Gasteiger partial charge in [0.25, 0.3) is 0 Å². The Morgan fingerprint density at radius 2 is 0.833 bits per heavy atom. The van der Waals surface area contributed by atoms with E-state index >= 15 is 0 Å². The van der Waals surface area contributed by atoms with Crippen LogP contribution in [0, 0.1) is 0 Å². The Morgan fingerprint density at radius 3 is 1.59 bits per heavy atom. The first-order chi connectivity index (χ1) is 26.5. The molecule has 1 nitrogen and oxygen atoms in total. The highest BCUT2D eigenvalue weighted by molar-refractivity contribution is 5.96. The molecule has 0 spiro atoms. The van der Waals surface area contributed by atoms with Crippen molar-refractivity contribution in [2.24, 2.45) is 0 Å². The third-order valence-electron chi connectivity index (χ3n) is 11.5. The largest absolute Gasteiger partial charge is 0.310 e. The van der Waals surface area contributed by atoms with Crippen molar-refractivity contribution in [3.8, 4) is 44.5 Å². The smallest absolute Gasteiger partial charge is 0.0540 e. The van der Waals surface area contributed by atoms with Crippen LogP contribution >= 0.6 is 0 Å². The van der Waals surface area contributed by atoms with Gasteiger partial charge in [-0.3, -0.25) is 0 Å². The van der Waals surface area contributed by atoms with E-state index in [4.69, 9.17) is 0 Å². The highest BCUT2D eigenvalue weighted by atomic mass is 15.1. The summed E-state index contributed by atoms with van der Waals surface area (Å²) in [5.74, 6) is 0. The molecule has 9 aromatic rings. The van der Waals surface area contributed by atoms with Crippen LogP contribution in [0.1, 0.15) is 25.0 Å². The fraction of sp³-hybridized carbons (Fsp3) is 0.0566. The summed E-state index contributed by atoms with van der Waals surface area (Å²) in [6.45, 7) is 4.70. The Labute approximate surface area is 317 Å². The van der Waals surface area contributed by atoms with Crippen LogP contribution in [0.2, 0.25) is 0 Å². The summed E-state index contributed by atoms with van der Waals surface area (Å²) in [5.41, 5.74) is 16.1. The van der Waals surface area contributed by atoms with Gasteiger partial charge in [0.05, 0.1) is 5.69 Å². The van der Waals surface area contributed by atoms with E-state index in [1.807, 2.05) is 0 Å². The first kappa shape index (κ1) is 32.0. The highest BCUT2D eigenvalue weighted by Crippen LogP contribution is 2.52. The second-order valence-electron chi connectivity index (χ2n) is 15.0. The van der Waals surface area contributed by atoms with E-state index < -0.39 is 0 Å². The van der Waals surface area contributed by atoms with E-state index in [9.17, 15) is 0 Å². The van der Waals surface area contributed by atoms with Crippen molar-refractivity contribution in [1.29, 1.82) is 0 Å². The van der Waals surface area contributed by atoms with Gasteiger partial charge in [-0.1, -0.05) is 178 Å². The monoisotopic (exact) mass is 689 g/mol. The summed E-state index contributed by atoms with van der Waals surface area (Å²) in [6, 6.07) is 73.4. The molecule has 1 heteroatoms. The quantitative estimate of drug-likeness (QED) is 0.168. The maximum atomic E-state index is 2.41. The predicted octanol–water partition coefficient (Wildman–Crippen LogP) is 14.8. The lowest BCUT2D eigenvalue weighted by Crippen LogP contribution is -2.14. The molecule has 256 valence electrons. The maximum Gasteiger partial charge on any atom is 0.0540 e. The molecule has 0 unspecified atom stereocenters. The van der Waals surface area contributed by atoms with Crippen LogP contribution in [-0.4, -0.2) is 0 Å². The second kappa shape index (κ2) is 12.8. The van der Waals surface area contributed by atoms with Crippen molar-refractivity contribution < 1.29 is 0 Å². The highest BCUT2D eigenvalue weighted by Gasteiger charge is 2.36. The normalized spacial score (nSPS) is 12.8. The van der Waals surface area contributed by atoms with E-state index in [0.29, 0.717) is 0 Å². The number of benzene rings is 9. The zero-order valence-corrected chi connectivity index (χ0v) is 30.5. The Bertz CT molecular complexity index is 2840. The zero-order valence-electron chi connectivity index (χ0n) is 30.5. The van der Waals surface area contributed by atoms with Crippen molar-refractivity contribution in [3.05, 3.63) is 211 Å². The van der Waals surface area contributed by atoms with Gasteiger partial charge in [-0.05, 0) is 108 Å². The predicted molar refractivity (Wildman–Crippen MR) is 230 cm³/mol. The third kappa shape index (κ3) is 5.32. The number of hydrogen-bond acceptors (Lipinski definition) is 1. The Hall–Kier alpha value is -6.70. The molecule has 54 heavy (non-hydrogen) atoms. The van der Waals surface area contributed by atoms with Crippen LogP contribution in [0.25, 0.3) is 66.1 Å². The lowest BCUT2D eigenvalue weighted by atomic mass is 9.82. The van der Waals surface area contributed by atoms with Gasteiger partial charge >= 0.3 is 0 Å². The molecule has 1 aliphatic rings. The van der Waals surface area contributed by atoms with Gasteiger partial charge < -0.3 is 4.90 Å². The third-order valence-corrected chi connectivity index (χ3v) is 11.5. The van der Waals surface area contributed by atoms with Gasteiger partial charge in [0.15, 0.2) is 0 Å². The summed E-state index contributed by atoms with van der Waals surface area (Å²) in [4.78, 5) is 2.41. The van der Waals surface area contributed by atoms with Crippen LogP contribution in [0.3, 0.4) is 0 Å². The summed E-state index contributed by atoms with van der Waals surface area (Å²) >= 11 is 0. The Kier molecular flexibility index (Phi) is 7.56. The lowest BCUT2D eigenvalue weighted by Gasteiger charge is -2.28. The molecule has 0 N–H and O–H groups in total. The van der Waals surface area contributed by atoms with E-state index in [1.165, 1.54) is 77.2 Å². The van der Waals surface area contributed by atoms with Crippen LogP contribution in [-0.2, 0) is 5.41 Å². The molecule has 0 fully saturated rings. The molecule has 0 radical (unpaired) electrons. The summed E-state index contributed by atoms with van der Waals surface area (Å²) in [5, 5.41) is 4.97. The Morgan fingerprint density at radius 1 is 0.333 bits per heavy atom. The molecule has 0 saturated carbocycles. The standard InChI is InChI=1S/C53H39N/c1-53(2)49-19-9-7-17-48(49)52-47(18-11-20-50(52)53)40-29-31-44(32-30-40)54(45-33-28-37-13-4-6-15-42(37)35-45)51-21-10-8-16-46(51)39-25-22-38(23-26-39)43-27-24-36-12-3-5-14-41(36)34-43/h3-35H,1-2H3. The van der Waals surface area contributed by atoms with Crippen LogP contribution < -0.4 is 4.90 Å². The molecule has 1 aliphatic carbocycles. The van der Waals surface area contributed by atoms with Crippen molar-refractivity contribution in [3.63, 3.8) is 0 Å². The number of rotatable bonds is 6. The van der Waals surface area contributed by atoms with Crippen molar-refractivity contribution >= 4 is 38.6 Å². The van der Waals surface area contributed by atoms with E-state index in [2.05, 4.69) is 219 Å². The van der Waals surface area contributed by atoms with Crippen LogP contribution in [0.5, 0.6) is 0 Å². The van der Waals surface area contributed by atoms with Crippen molar-refractivity contribution in [2.75, 3.05) is 4.90 Å². The van der Waals surface area contributed by atoms with E-state index in [1.54, 1.807) is 0 Å². The average molecular weight is 690 g/mol. The molecule has 0 heterocycles. The minimum atomic E-state index is -0.0356. The minimum absolute atomic E-state index is 0.0356. The van der Waals surface area contributed by atoms with Gasteiger partial charge in [0.1, 0.15) is 0 Å². The molecular formula is C53H39N. The molecule has 10 rings (SSSR count). The fourth-order valence-corrected chi connectivity index (χ4v) is 8.65. The molecule has 0 aliphatic heterocycles. The van der Waals surface area contributed by atoms with Crippen molar-refractivity contribution in [1.82, 2.24) is 0 Å². The second-order valence-corrected chi connectivity index (χ2v) is 15.0. The molecule has 0 bridgehead atoms. The van der Waals surface area contributed by atoms with Gasteiger partial charge in [-0.15, -0.1) is 0 Å². The number of anilines is 3. The molecule has 0 amide bonds. The lowest BCUT2D eigenvalue weighted by molar-refractivity contribution is 0.660.